The summed E-state index contributed by atoms with van der Waals surface area (Å²) in [6.07, 6.45) is 1.07. The molecular weight excluding hydrogens is 224 g/mol. The van der Waals surface area contributed by atoms with E-state index in [0.29, 0.717) is 11.8 Å². The van der Waals surface area contributed by atoms with E-state index < -0.39 is 0 Å². The zero-order chi connectivity index (χ0) is 13.5. The quantitative estimate of drug-likeness (QED) is 0.734. The first-order valence-electron chi connectivity index (χ1n) is 6.74. The first kappa shape index (κ1) is 15.2. The van der Waals surface area contributed by atoms with Gasteiger partial charge in [-0.3, -0.25) is 0 Å². The van der Waals surface area contributed by atoms with Crippen LogP contribution in [-0.2, 0) is 15.9 Å². The lowest BCUT2D eigenvalue weighted by atomic mass is 9.91. The van der Waals surface area contributed by atoms with E-state index in [0.717, 1.165) is 19.6 Å². The van der Waals surface area contributed by atoms with Gasteiger partial charge in [0.15, 0.2) is 0 Å². The molecule has 0 aliphatic heterocycles. The Morgan fingerprint density at radius 3 is 1.67 bits per heavy atom. The van der Waals surface area contributed by atoms with Crippen LogP contribution in [0.1, 0.15) is 49.3 Å². The molecule has 0 N–H and O–H groups in total. The average molecular weight is 250 g/mol. The highest BCUT2D eigenvalue weighted by Gasteiger charge is 2.11. The fourth-order valence-electron chi connectivity index (χ4n) is 2.21. The topological polar surface area (TPSA) is 18.5 Å². The van der Waals surface area contributed by atoms with Gasteiger partial charge in [-0.1, -0.05) is 39.0 Å². The van der Waals surface area contributed by atoms with Crippen molar-refractivity contribution in [2.45, 2.75) is 39.0 Å². The van der Waals surface area contributed by atoms with Crippen molar-refractivity contribution in [2.24, 2.45) is 0 Å². The third-order valence-electron chi connectivity index (χ3n) is 3.42. The minimum atomic E-state index is 0.440. The summed E-state index contributed by atoms with van der Waals surface area (Å²) in [5, 5.41) is 0. The molecule has 0 spiro atoms. The van der Waals surface area contributed by atoms with Crippen molar-refractivity contribution in [1.29, 1.82) is 0 Å². The third-order valence-corrected chi connectivity index (χ3v) is 3.42. The Bertz CT molecular complexity index is 330. The van der Waals surface area contributed by atoms with Crippen molar-refractivity contribution < 1.29 is 9.47 Å². The molecule has 1 aromatic carbocycles. The number of hydrogen-bond donors (Lipinski definition) is 0. The molecule has 0 bridgehead atoms. The molecular formula is C16H26O2. The Morgan fingerprint density at radius 2 is 1.33 bits per heavy atom. The van der Waals surface area contributed by atoms with Crippen LogP contribution in [0.4, 0.5) is 0 Å². The van der Waals surface area contributed by atoms with E-state index >= 15 is 0 Å². The van der Waals surface area contributed by atoms with Crippen molar-refractivity contribution >= 4 is 0 Å². The number of benzene rings is 1. The summed E-state index contributed by atoms with van der Waals surface area (Å²) >= 11 is 0. The van der Waals surface area contributed by atoms with E-state index in [1.807, 2.05) is 0 Å². The molecule has 0 amide bonds. The second-order valence-corrected chi connectivity index (χ2v) is 5.07. The van der Waals surface area contributed by atoms with Crippen molar-refractivity contribution in [3.05, 3.63) is 34.9 Å². The van der Waals surface area contributed by atoms with E-state index in [-0.39, 0.29) is 0 Å². The van der Waals surface area contributed by atoms with Gasteiger partial charge in [0.25, 0.3) is 0 Å². The first-order chi connectivity index (χ1) is 8.62. The highest BCUT2D eigenvalue weighted by Crippen LogP contribution is 2.24. The van der Waals surface area contributed by atoms with Crippen LogP contribution in [0.2, 0.25) is 0 Å². The Morgan fingerprint density at radius 1 is 0.889 bits per heavy atom. The van der Waals surface area contributed by atoms with Crippen molar-refractivity contribution in [2.75, 3.05) is 27.4 Å². The summed E-state index contributed by atoms with van der Waals surface area (Å²) in [6.45, 7) is 8.16. The molecule has 0 aliphatic rings. The van der Waals surface area contributed by atoms with Gasteiger partial charge in [-0.15, -0.1) is 0 Å². The van der Waals surface area contributed by atoms with Crippen LogP contribution in [0.5, 0.6) is 0 Å². The van der Waals surface area contributed by atoms with E-state index in [9.17, 15) is 0 Å². The summed E-state index contributed by atoms with van der Waals surface area (Å²) in [6, 6.07) is 6.89. The van der Waals surface area contributed by atoms with Crippen LogP contribution in [0, 0.1) is 0 Å². The third kappa shape index (κ3) is 4.11. The smallest absolute Gasteiger partial charge is 0.0528 e. The molecule has 0 radical (unpaired) electrons. The predicted octanol–water partition coefficient (Wildman–Crippen LogP) is 3.75. The van der Waals surface area contributed by atoms with Gasteiger partial charge < -0.3 is 9.47 Å². The number of aryl methyl sites for hydroxylation is 1. The van der Waals surface area contributed by atoms with Gasteiger partial charge in [-0.2, -0.15) is 0 Å². The van der Waals surface area contributed by atoms with Crippen LogP contribution in [-0.4, -0.2) is 27.4 Å². The zero-order valence-electron chi connectivity index (χ0n) is 12.3. The van der Waals surface area contributed by atoms with Gasteiger partial charge in [-0.05, 0) is 23.1 Å². The molecule has 18 heavy (non-hydrogen) atoms. The fourth-order valence-corrected chi connectivity index (χ4v) is 2.21. The van der Waals surface area contributed by atoms with Crippen molar-refractivity contribution in [3.63, 3.8) is 0 Å². The Labute approximate surface area is 111 Å². The fraction of sp³-hybridized carbons (Fsp3) is 0.625. The molecule has 0 saturated heterocycles. The predicted molar refractivity (Wildman–Crippen MR) is 76.4 cm³/mol. The maximum absolute atomic E-state index is 5.25. The van der Waals surface area contributed by atoms with Gasteiger partial charge in [0.2, 0.25) is 0 Å². The normalized spacial score (nSPS) is 14.5. The monoisotopic (exact) mass is 250 g/mol. The lowest BCUT2D eigenvalue weighted by molar-refractivity contribution is 0.182. The molecule has 0 aliphatic carbocycles. The van der Waals surface area contributed by atoms with Crippen LogP contribution < -0.4 is 0 Å². The minimum absolute atomic E-state index is 0.440. The molecule has 102 valence electrons. The molecule has 1 rings (SSSR count). The minimum Gasteiger partial charge on any atom is -0.384 e. The van der Waals surface area contributed by atoms with E-state index in [4.69, 9.17) is 9.47 Å². The Kier molecular flexibility index (Phi) is 6.37. The molecule has 0 heterocycles. The Hall–Kier alpha value is -0.860. The Balaban J connectivity index is 3.00. The highest BCUT2D eigenvalue weighted by atomic mass is 16.5. The molecule has 1 aromatic rings. The maximum Gasteiger partial charge on any atom is 0.0528 e. The summed E-state index contributed by atoms with van der Waals surface area (Å²) < 4.78 is 10.5. The van der Waals surface area contributed by atoms with Crippen molar-refractivity contribution in [3.8, 4) is 0 Å². The number of ether oxygens (including phenoxy) is 2. The van der Waals surface area contributed by atoms with Crippen LogP contribution in [0.3, 0.4) is 0 Å². The number of rotatable bonds is 7. The summed E-state index contributed by atoms with van der Waals surface area (Å²) in [4.78, 5) is 0. The lowest BCUT2D eigenvalue weighted by Crippen LogP contribution is -2.07. The number of methoxy groups -OCH3 is 2. The second-order valence-electron chi connectivity index (χ2n) is 5.07. The summed E-state index contributed by atoms with van der Waals surface area (Å²) in [7, 11) is 3.52. The second kappa shape index (κ2) is 7.55. The molecule has 0 aromatic heterocycles. The molecule has 2 atom stereocenters. The summed E-state index contributed by atoms with van der Waals surface area (Å²) in [5.74, 6) is 0.880. The van der Waals surface area contributed by atoms with E-state index in [1.54, 1.807) is 14.2 Å². The van der Waals surface area contributed by atoms with Gasteiger partial charge in [0, 0.05) is 26.1 Å². The standard InChI is InChI=1S/C16H26O2/c1-6-14-7-15(12(2)10-17-4)9-16(8-14)13(3)11-18-5/h7-9,12-13H,6,10-11H2,1-5H3. The van der Waals surface area contributed by atoms with Crippen LogP contribution >= 0.6 is 0 Å². The molecule has 0 fully saturated rings. The highest BCUT2D eigenvalue weighted by molar-refractivity contribution is 5.34. The average Bonchev–Trinajstić information content (AvgIpc) is 2.38. The van der Waals surface area contributed by atoms with Crippen LogP contribution in [0.25, 0.3) is 0 Å². The maximum atomic E-state index is 5.25. The number of hydrogen-bond acceptors (Lipinski definition) is 2. The van der Waals surface area contributed by atoms with Gasteiger partial charge >= 0.3 is 0 Å². The zero-order valence-corrected chi connectivity index (χ0v) is 12.3. The van der Waals surface area contributed by atoms with Gasteiger partial charge in [0.1, 0.15) is 0 Å². The van der Waals surface area contributed by atoms with Gasteiger partial charge in [0.05, 0.1) is 13.2 Å². The summed E-state index contributed by atoms with van der Waals surface area (Å²) in [5.41, 5.74) is 4.14. The molecule has 2 unspecified atom stereocenters. The molecule has 0 saturated carbocycles. The van der Waals surface area contributed by atoms with E-state index in [1.165, 1.54) is 16.7 Å². The van der Waals surface area contributed by atoms with Gasteiger partial charge in [-0.25, -0.2) is 0 Å². The molecule has 2 nitrogen and oxygen atoms in total. The van der Waals surface area contributed by atoms with E-state index in [2.05, 4.69) is 39.0 Å². The molecule has 2 heteroatoms. The SMILES string of the molecule is CCc1cc(C(C)COC)cc(C(C)COC)c1. The first-order valence-corrected chi connectivity index (χ1v) is 6.74. The van der Waals surface area contributed by atoms with Crippen LogP contribution in [0.15, 0.2) is 18.2 Å². The largest absolute Gasteiger partial charge is 0.384 e. The van der Waals surface area contributed by atoms with Crippen molar-refractivity contribution in [1.82, 2.24) is 0 Å². The lowest BCUT2D eigenvalue weighted by Gasteiger charge is -2.17.